The van der Waals surface area contributed by atoms with Gasteiger partial charge in [0.1, 0.15) is 0 Å². The predicted molar refractivity (Wildman–Crippen MR) is 99.8 cm³/mol. The quantitative estimate of drug-likeness (QED) is 0.746. The molecule has 1 N–H and O–H groups in total. The summed E-state index contributed by atoms with van der Waals surface area (Å²) in [6.07, 6.45) is 0.761. The molecule has 2 aromatic carbocycles. The first-order valence-electron chi connectivity index (χ1n) is 8.43. The van der Waals surface area contributed by atoms with E-state index in [1.807, 2.05) is 22.9 Å². The molecule has 3 nitrogen and oxygen atoms in total. The lowest BCUT2D eigenvalue weighted by molar-refractivity contribution is 0.645. The molecule has 3 rings (SSSR count). The number of aromatic nitrogens is 2. The molecule has 0 unspecified atom stereocenters. The lowest BCUT2D eigenvalue weighted by Crippen LogP contribution is -2.09. The van der Waals surface area contributed by atoms with Crippen molar-refractivity contribution in [2.75, 3.05) is 0 Å². The van der Waals surface area contributed by atoms with Crippen LogP contribution in [0.2, 0.25) is 0 Å². The number of hydrogen-bond donors (Lipinski definition) is 1. The van der Waals surface area contributed by atoms with Gasteiger partial charge in [-0.2, -0.15) is 0 Å². The maximum absolute atomic E-state index is 12.6. The molecule has 0 aliphatic rings. The van der Waals surface area contributed by atoms with Gasteiger partial charge in [-0.05, 0) is 49.9 Å². The van der Waals surface area contributed by atoms with Crippen molar-refractivity contribution in [1.82, 2.24) is 9.78 Å². The minimum Gasteiger partial charge on any atom is -0.268 e. The smallest absolute Gasteiger partial charge is 0.268 e. The number of hydrogen-bond acceptors (Lipinski definition) is 1. The van der Waals surface area contributed by atoms with Gasteiger partial charge >= 0.3 is 0 Å². The summed E-state index contributed by atoms with van der Waals surface area (Å²) in [7, 11) is 0. The summed E-state index contributed by atoms with van der Waals surface area (Å²) in [5, 5.41) is 3.04. The van der Waals surface area contributed by atoms with Crippen molar-refractivity contribution in [1.29, 1.82) is 0 Å². The van der Waals surface area contributed by atoms with Gasteiger partial charge in [0.15, 0.2) is 0 Å². The minimum absolute atomic E-state index is 0.00159. The Morgan fingerprint density at radius 1 is 1.00 bits per heavy atom. The zero-order valence-electron chi connectivity index (χ0n) is 14.8. The van der Waals surface area contributed by atoms with Gasteiger partial charge in [0.05, 0.1) is 11.4 Å². The first kappa shape index (κ1) is 16.3. The topological polar surface area (TPSA) is 37.8 Å². The third-order valence-electron chi connectivity index (χ3n) is 4.16. The summed E-state index contributed by atoms with van der Waals surface area (Å²) >= 11 is 0. The molecular formula is C21H24N2O. The van der Waals surface area contributed by atoms with Gasteiger partial charge in [0.2, 0.25) is 0 Å². The molecule has 0 amide bonds. The lowest BCUT2D eigenvalue weighted by atomic mass is 9.98. The Balaban J connectivity index is 2.28. The highest BCUT2D eigenvalue weighted by atomic mass is 16.1. The van der Waals surface area contributed by atoms with Crippen LogP contribution < -0.4 is 5.56 Å². The minimum atomic E-state index is 0.00159. The van der Waals surface area contributed by atoms with Crippen LogP contribution in [0.1, 0.15) is 30.5 Å². The van der Waals surface area contributed by atoms with Crippen LogP contribution in [-0.2, 0) is 6.42 Å². The number of rotatable bonds is 4. The molecule has 0 aliphatic carbocycles. The highest BCUT2D eigenvalue weighted by Crippen LogP contribution is 2.27. The second kappa shape index (κ2) is 6.52. The second-order valence-corrected chi connectivity index (χ2v) is 6.91. The number of benzene rings is 2. The fraction of sp³-hybridized carbons (Fsp3) is 0.286. The first-order chi connectivity index (χ1) is 11.5. The van der Waals surface area contributed by atoms with E-state index in [2.05, 4.69) is 63.1 Å². The number of H-pyrrole nitrogens is 1. The Labute approximate surface area is 143 Å². The van der Waals surface area contributed by atoms with Crippen molar-refractivity contribution in [3.05, 3.63) is 75.6 Å². The molecular weight excluding hydrogens is 296 g/mol. The molecule has 0 radical (unpaired) electrons. The summed E-state index contributed by atoms with van der Waals surface area (Å²) in [5.41, 5.74) is 6.25. The molecule has 3 aromatic rings. The van der Waals surface area contributed by atoms with Gasteiger partial charge in [-0.3, -0.25) is 14.6 Å². The molecule has 1 aromatic heterocycles. The van der Waals surface area contributed by atoms with Crippen molar-refractivity contribution in [2.45, 2.75) is 34.1 Å². The monoisotopic (exact) mass is 320 g/mol. The van der Waals surface area contributed by atoms with Gasteiger partial charge in [-0.15, -0.1) is 0 Å². The lowest BCUT2D eigenvalue weighted by Gasteiger charge is -2.12. The summed E-state index contributed by atoms with van der Waals surface area (Å²) < 4.78 is 1.93. The Kier molecular flexibility index (Phi) is 4.43. The van der Waals surface area contributed by atoms with Crippen LogP contribution in [0.4, 0.5) is 0 Å². The highest BCUT2D eigenvalue weighted by molar-refractivity contribution is 5.66. The maximum atomic E-state index is 12.6. The number of nitrogens with one attached hydrogen (secondary N) is 1. The molecule has 1 heterocycles. The number of nitrogens with zero attached hydrogens (tertiary/aromatic N) is 1. The number of aryl methyl sites for hydroxylation is 2. The van der Waals surface area contributed by atoms with Crippen molar-refractivity contribution < 1.29 is 0 Å². The molecule has 0 saturated carbocycles. The SMILES string of the molecule is Cc1cccc(-c2c(CC(C)C)c(=O)[nH]n2-c2cccc(C)c2)c1. The van der Waals surface area contributed by atoms with E-state index >= 15 is 0 Å². The summed E-state index contributed by atoms with van der Waals surface area (Å²) in [6, 6.07) is 16.5. The van der Waals surface area contributed by atoms with E-state index in [1.165, 1.54) is 11.1 Å². The average molecular weight is 320 g/mol. The van der Waals surface area contributed by atoms with Gasteiger partial charge < -0.3 is 0 Å². The molecule has 0 atom stereocenters. The van der Waals surface area contributed by atoms with Crippen LogP contribution in [0.15, 0.2) is 53.3 Å². The van der Waals surface area contributed by atoms with E-state index in [9.17, 15) is 4.79 Å². The van der Waals surface area contributed by atoms with E-state index in [1.54, 1.807) is 0 Å². The summed E-state index contributed by atoms with van der Waals surface area (Å²) in [5.74, 6) is 0.419. The van der Waals surface area contributed by atoms with E-state index in [-0.39, 0.29) is 5.56 Å². The van der Waals surface area contributed by atoms with Crippen LogP contribution in [0, 0.1) is 19.8 Å². The maximum Gasteiger partial charge on any atom is 0.268 e. The average Bonchev–Trinajstić information content (AvgIpc) is 2.84. The standard InChI is InChI=1S/C21H24N2O/c1-14(2)11-19-20(17-9-5-7-15(3)12-17)23(22-21(19)24)18-10-6-8-16(4)13-18/h5-10,12-14H,11H2,1-4H3,(H,22,24). The predicted octanol–water partition coefficient (Wildman–Crippen LogP) is 4.65. The van der Waals surface area contributed by atoms with Gasteiger partial charge in [0, 0.05) is 11.1 Å². The van der Waals surface area contributed by atoms with Crippen LogP contribution >= 0.6 is 0 Å². The zero-order chi connectivity index (χ0) is 17.3. The van der Waals surface area contributed by atoms with E-state index in [0.717, 1.165) is 28.9 Å². The molecule has 0 aliphatic heterocycles. The second-order valence-electron chi connectivity index (χ2n) is 6.91. The fourth-order valence-corrected chi connectivity index (χ4v) is 3.12. The molecule has 0 bridgehead atoms. The zero-order valence-corrected chi connectivity index (χ0v) is 14.8. The molecule has 124 valence electrons. The highest BCUT2D eigenvalue weighted by Gasteiger charge is 2.18. The van der Waals surface area contributed by atoms with Crippen molar-refractivity contribution in [3.63, 3.8) is 0 Å². The third-order valence-corrected chi connectivity index (χ3v) is 4.16. The molecule has 24 heavy (non-hydrogen) atoms. The normalized spacial score (nSPS) is 11.2. The van der Waals surface area contributed by atoms with Crippen LogP contribution in [0.3, 0.4) is 0 Å². The summed E-state index contributed by atoms with van der Waals surface area (Å²) in [6.45, 7) is 8.42. The van der Waals surface area contributed by atoms with E-state index < -0.39 is 0 Å². The largest absolute Gasteiger partial charge is 0.268 e. The Hall–Kier alpha value is -2.55. The van der Waals surface area contributed by atoms with Crippen molar-refractivity contribution in [2.24, 2.45) is 5.92 Å². The fourth-order valence-electron chi connectivity index (χ4n) is 3.12. The van der Waals surface area contributed by atoms with Crippen molar-refractivity contribution >= 4 is 0 Å². The third kappa shape index (κ3) is 3.21. The van der Waals surface area contributed by atoms with Crippen molar-refractivity contribution in [3.8, 4) is 16.9 Å². The molecule has 0 spiro atoms. The van der Waals surface area contributed by atoms with Gasteiger partial charge in [0.25, 0.3) is 5.56 Å². The Morgan fingerprint density at radius 3 is 2.29 bits per heavy atom. The van der Waals surface area contributed by atoms with Crippen LogP contribution in [0.5, 0.6) is 0 Å². The summed E-state index contributed by atoms with van der Waals surface area (Å²) in [4.78, 5) is 12.6. The molecule has 0 saturated heterocycles. The van der Waals surface area contributed by atoms with Gasteiger partial charge in [-0.1, -0.05) is 49.7 Å². The first-order valence-corrected chi connectivity index (χ1v) is 8.43. The number of aromatic amines is 1. The van der Waals surface area contributed by atoms with Crippen LogP contribution in [0.25, 0.3) is 16.9 Å². The Bertz CT molecular complexity index is 916. The Morgan fingerprint density at radius 2 is 1.67 bits per heavy atom. The van der Waals surface area contributed by atoms with E-state index in [4.69, 9.17) is 0 Å². The molecule has 0 fully saturated rings. The van der Waals surface area contributed by atoms with Gasteiger partial charge in [-0.25, -0.2) is 0 Å². The molecule has 3 heteroatoms. The van der Waals surface area contributed by atoms with Crippen LogP contribution in [-0.4, -0.2) is 9.78 Å². The van der Waals surface area contributed by atoms with E-state index in [0.29, 0.717) is 5.92 Å².